The molecule has 188 valence electrons. The highest BCUT2D eigenvalue weighted by molar-refractivity contribution is 7.98. The Bertz CT molecular complexity index is 720. The molecule has 0 rings (SSSR count). The highest BCUT2D eigenvalue weighted by Crippen LogP contribution is 2.06. The topological polar surface area (TPSA) is 245 Å². The van der Waals surface area contributed by atoms with E-state index < -0.39 is 79.2 Å². The van der Waals surface area contributed by atoms with Crippen LogP contribution in [0.15, 0.2) is 0 Å². The first-order chi connectivity index (χ1) is 15.4. The van der Waals surface area contributed by atoms with Crippen LogP contribution in [-0.2, 0) is 28.8 Å². The number of amides is 3. The number of aliphatic carboxylic acids is 3. The lowest BCUT2D eigenvalue weighted by Crippen LogP contribution is -2.57. The van der Waals surface area contributed by atoms with Gasteiger partial charge in [-0.05, 0) is 31.3 Å². The third-order valence-corrected chi connectivity index (χ3v) is 4.97. The van der Waals surface area contributed by atoms with Gasteiger partial charge in [0.15, 0.2) is 0 Å². The Kier molecular flexibility index (Phi) is 14.4. The minimum absolute atomic E-state index is 0.0776. The lowest BCUT2D eigenvalue weighted by atomic mass is 10.1. The fourth-order valence-corrected chi connectivity index (χ4v) is 2.93. The van der Waals surface area contributed by atoms with Crippen molar-refractivity contribution in [2.45, 2.75) is 56.3 Å². The number of hydrogen-bond acceptors (Lipinski definition) is 9. The molecular formula is C18H30N4O10S. The molecule has 0 heterocycles. The Morgan fingerprint density at radius 1 is 0.758 bits per heavy atom. The van der Waals surface area contributed by atoms with Crippen molar-refractivity contribution in [2.24, 2.45) is 5.73 Å². The van der Waals surface area contributed by atoms with Crippen LogP contribution in [0.5, 0.6) is 0 Å². The number of carboxylic acid groups (broad SMARTS) is 3. The molecule has 0 aliphatic rings. The van der Waals surface area contributed by atoms with Gasteiger partial charge in [0, 0.05) is 12.8 Å². The number of aliphatic hydroxyl groups excluding tert-OH is 1. The predicted octanol–water partition coefficient (Wildman–Crippen LogP) is -2.67. The SMILES string of the molecule is CSCCC(NC(=O)C(CCC(=O)O)NC(=O)C(N)CCC(=O)O)C(=O)NC(CO)C(=O)O. The molecule has 0 spiro atoms. The van der Waals surface area contributed by atoms with Crippen LogP contribution in [0.25, 0.3) is 0 Å². The lowest BCUT2D eigenvalue weighted by molar-refractivity contribution is -0.143. The highest BCUT2D eigenvalue weighted by atomic mass is 32.2. The number of thioether (sulfide) groups is 1. The van der Waals surface area contributed by atoms with Gasteiger partial charge in [0.05, 0.1) is 12.6 Å². The van der Waals surface area contributed by atoms with E-state index in [0.29, 0.717) is 5.75 Å². The van der Waals surface area contributed by atoms with Gasteiger partial charge < -0.3 is 42.1 Å². The van der Waals surface area contributed by atoms with Crippen LogP contribution >= 0.6 is 11.8 Å². The molecule has 4 unspecified atom stereocenters. The summed E-state index contributed by atoms with van der Waals surface area (Å²) in [6.07, 6.45) is 0.352. The van der Waals surface area contributed by atoms with Crippen molar-refractivity contribution >= 4 is 47.4 Å². The van der Waals surface area contributed by atoms with Crippen molar-refractivity contribution in [1.29, 1.82) is 0 Å². The molecule has 0 fully saturated rings. The fourth-order valence-electron chi connectivity index (χ4n) is 2.46. The summed E-state index contributed by atoms with van der Waals surface area (Å²) >= 11 is 1.34. The molecule has 0 aromatic heterocycles. The second-order valence-electron chi connectivity index (χ2n) is 6.96. The molecule has 0 aromatic carbocycles. The minimum Gasteiger partial charge on any atom is -0.481 e. The molecule has 0 aliphatic carbocycles. The summed E-state index contributed by atoms with van der Waals surface area (Å²) < 4.78 is 0. The Morgan fingerprint density at radius 2 is 1.21 bits per heavy atom. The summed E-state index contributed by atoms with van der Waals surface area (Å²) in [5.41, 5.74) is 5.61. The number of rotatable bonds is 17. The molecule has 3 amide bonds. The minimum atomic E-state index is -1.60. The molecular weight excluding hydrogens is 464 g/mol. The van der Waals surface area contributed by atoms with E-state index in [2.05, 4.69) is 16.0 Å². The first-order valence-electron chi connectivity index (χ1n) is 9.85. The molecule has 0 saturated carbocycles. The van der Waals surface area contributed by atoms with Gasteiger partial charge >= 0.3 is 17.9 Å². The first kappa shape index (κ1) is 30.1. The molecule has 0 aromatic rings. The van der Waals surface area contributed by atoms with E-state index in [1.54, 1.807) is 6.26 Å². The zero-order valence-electron chi connectivity index (χ0n) is 18.0. The van der Waals surface area contributed by atoms with Crippen LogP contribution in [0.2, 0.25) is 0 Å². The molecule has 0 radical (unpaired) electrons. The summed E-state index contributed by atoms with van der Waals surface area (Å²) in [6, 6.07) is -5.50. The average molecular weight is 495 g/mol. The number of carbonyl (C=O) groups excluding carboxylic acids is 3. The van der Waals surface area contributed by atoms with Gasteiger partial charge in [0.2, 0.25) is 17.7 Å². The van der Waals surface area contributed by atoms with Gasteiger partial charge in [0.1, 0.15) is 18.1 Å². The Hall–Kier alpha value is -2.91. The maximum Gasteiger partial charge on any atom is 0.328 e. The van der Waals surface area contributed by atoms with Crippen molar-refractivity contribution in [2.75, 3.05) is 18.6 Å². The fraction of sp³-hybridized carbons (Fsp3) is 0.667. The van der Waals surface area contributed by atoms with E-state index in [4.69, 9.17) is 26.2 Å². The van der Waals surface area contributed by atoms with E-state index in [1.165, 1.54) is 11.8 Å². The van der Waals surface area contributed by atoms with Crippen molar-refractivity contribution in [3.8, 4) is 0 Å². The van der Waals surface area contributed by atoms with Gasteiger partial charge in [-0.1, -0.05) is 0 Å². The number of nitrogens with one attached hydrogen (secondary N) is 3. The number of aliphatic hydroxyl groups is 1. The van der Waals surface area contributed by atoms with Gasteiger partial charge in [-0.3, -0.25) is 24.0 Å². The Morgan fingerprint density at radius 3 is 1.67 bits per heavy atom. The number of hydrogen-bond donors (Lipinski definition) is 8. The maximum absolute atomic E-state index is 12.7. The molecule has 33 heavy (non-hydrogen) atoms. The van der Waals surface area contributed by atoms with E-state index in [-0.39, 0.29) is 19.3 Å². The Balaban J connectivity index is 5.41. The molecule has 4 atom stereocenters. The van der Waals surface area contributed by atoms with Crippen LogP contribution in [-0.4, -0.2) is 98.8 Å². The lowest BCUT2D eigenvalue weighted by Gasteiger charge is -2.24. The standard InChI is InChI=1S/C18H30N4O10S/c1-33-7-6-11(17(30)22-12(8-23)18(31)32)21-16(29)10(3-5-14(26)27)20-15(28)9(19)2-4-13(24)25/h9-12,23H,2-8,19H2,1H3,(H,20,28)(H,21,29)(H,22,30)(H,24,25)(H,26,27)(H,31,32). The maximum atomic E-state index is 12.7. The monoisotopic (exact) mass is 494 g/mol. The quantitative estimate of drug-likeness (QED) is 0.103. The molecule has 9 N–H and O–H groups in total. The number of nitrogens with two attached hydrogens (primary N) is 1. The summed E-state index contributed by atoms with van der Waals surface area (Å²) in [5, 5.41) is 42.4. The number of carboxylic acids is 3. The van der Waals surface area contributed by atoms with Crippen LogP contribution in [0.4, 0.5) is 0 Å². The van der Waals surface area contributed by atoms with E-state index >= 15 is 0 Å². The van der Waals surface area contributed by atoms with Crippen LogP contribution in [0.3, 0.4) is 0 Å². The third kappa shape index (κ3) is 12.6. The van der Waals surface area contributed by atoms with Crippen molar-refractivity contribution in [1.82, 2.24) is 16.0 Å². The molecule has 0 saturated heterocycles. The second-order valence-corrected chi connectivity index (χ2v) is 7.94. The second kappa shape index (κ2) is 15.8. The normalized spacial score (nSPS) is 14.3. The van der Waals surface area contributed by atoms with Crippen molar-refractivity contribution in [3.63, 3.8) is 0 Å². The zero-order valence-corrected chi connectivity index (χ0v) is 18.8. The largest absolute Gasteiger partial charge is 0.481 e. The summed E-state index contributed by atoms with van der Waals surface area (Å²) in [7, 11) is 0. The molecule has 0 aliphatic heterocycles. The third-order valence-electron chi connectivity index (χ3n) is 4.33. The van der Waals surface area contributed by atoms with Crippen LogP contribution in [0.1, 0.15) is 32.1 Å². The first-order valence-corrected chi connectivity index (χ1v) is 11.2. The van der Waals surface area contributed by atoms with Gasteiger partial charge in [-0.15, -0.1) is 0 Å². The van der Waals surface area contributed by atoms with Gasteiger partial charge in [-0.25, -0.2) is 4.79 Å². The van der Waals surface area contributed by atoms with Gasteiger partial charge in [-0.2, -0.15) is 11.8 Å². The van der Waals surface area contributed by atoms with Crippen molar-refractivity contribution < 1.29 is 49.2 Å². The van der Waals surface area contributed by atoms with E-state index in [1.807, 2.05) is 0 Å². The van der Waals surface area contributed by atoms with Crippen LogP contribution < -0.4 is 21.7 Å². The summed E-state index contributed by atoms with van der Waals surface area (Å²) in [4.78, 5) is 70.0. The zero-order chi connectivity index (χ0) is 25.6. The van der Waals surface area contributed by atoms with E-state index in [0.717, 1.165) is 0 Å². The molecule has 0 bridgehead atoms. The highest BCUT2D eigenvalue weighted by Gasteiger charge is 2.30. The Labute approximate surface area is 193 Å². The smallest absolute Gasteiger partial charge is 0.328 e. The van der Waals surface area contributed by atoms with E-state index in [9.17, 15) is 28.8 Å². The molecule has 14 nitrogen and oxygen atoms in total. The predicted molar refractivity (Wildman–Crippen MR) is 115 cm³/mol. The average Bonchev–Trinajstić information content (AvgIpc) is 2.74. The molecule has 15 heteroatoms. The summed E-state index contributed by atoms with van der Waals surface area (Å²) in [6.45, 7) is -0.879. The van der Waals surface area contributed by atoms with Gasteiger partial charge in [0.25, 0.3) is 0 Å². The van der Waals surface area contributed by atoms with Crippen molar-refractivity contribution in [3.05, 3.63) is 0 Å². The number of carbonyl (C=O) groups is 6. The summed E-state index contributed by atoms with van der Waals surface area (Å²) in [5.74, 6) is -6.19. The van der Waals surface area contributed by atoms with Crippen LogP contribution in [0, 0.1) is 0 Å².